The fourth-order valence-electron chi connectivity index (χ4n) is 1.67. The second-order valence-electron chi connectivity index (χ2n) is 4.18. The molecule has 0 aliphatic carbocycles. The number of carbonyl (C=O) groups excluding carboxylic acids is 1. The van der Waals surface area contributed by atoms with Crippen LogP contribution < -0.4 is 5.32 Å². The Kier molecular flexibility index (Phi) is 3.52. The molecule has 0 aliphatic heterocycles. The molecule has 0 atom stereocenters. The van der Waals surface area contributed by atoms with Crippen LogP contribution in [0.2, 0.25) is 0 Å². The largest absolute Gasteiger partial charge is 0.436 e. The molecule has 0 saturated carbocycles. The monoisotopic (exact) mass is 284 g/mol. The molecule has 0 fully saturated rings. The van der Waals surface area contributed by atoms with Crippen LogP contribution >= 0.6 is 0 Å². The molecule has 106 valence electrons. The molecule has 1 heterocycles. The molecule has 0 saturated heterocycles. The number of amides is 1. The first kappa shape index (κ1) is 14.1. The summed E-state index contributed by atoms with van der Waals surface area (Å²) in [6.07, 6.45) is -4.40. The molecule has 7 heteroatoms. The maximum Gasteiger partial charge on any atom is 0.416 e. The number of carbonyl (C=O) groups is 1. The van der Waals surface area contributed by atoms with Gasteiger partial charge in [0.2, 0.25) is 5.76 Å². The van der Waals surface area contributed by atoms with Gasteiger partial charge in [0.15, 0.2) is 5.89 Å². The van der Waals surface area contributed by atoms with Gasteiger partial charge in [0.1, 0.15) is 0 Å². The lowest BCUT2D eigenvalue weighted by molar-refractivity contribution is -0.137. The van der Waals surface area contributed by atoms with E-state index < -0.39 is 17.6 Å². The molecule has 0 unspecified atom stereocenters. The van der Waals surface area contributed by atoms with E-state index in [1.54, 1.807) is 13.8 Å². The topological polar surface area (TPSA) is 55.1 Å². The molecule has 0 aliphatic rings. The number of hydrogen-bond donors (Lipinski definition) is 1. The number of hydrogen-bond acceptors (Lipinski definition) is 3. The van der Waals surface area contributed by atoms with Crippen molar-refractivity contribution in [3.05, 3.63) is 47.2 Å². The number of benzene rings is 1. The highest BCUT2D eigenvalue weighted by atomic mass is 19.4. The number of oxazole rings is 1. The molecule has 2 rings (SSSR count). The first-order valence-electron chi connectivity index (χ1n) is 5.70. The summed E-state index contributed by atoms with van der Waals surface area (Å²) in [4.78, 5) is 15.8. The fraction of sp³-hybridized carbons (Fsp3) is 0.231. The van der Waals surface area contributed by atoms with Crippen molar-refractivity contribution in [3.8, 4) is 0 Å². The van der Waals surface area contributed by atoms with Gasteiger partial charge in [-0.15, -0.1) is 0 Å². The van der Waals surface area contributed by atoms with Crippen molar-refractivity contribution < 1.29 is 22.4 Å². The third-order valence-electron chi connectivity index (χ3n) is 2.58. The summed E-state index contributed by atoms with van der Waals surface area (Å²) in [6.45, 7) is 3.21. The number of nitrogens with zero attached hydrogens (tertiary/aromatic N) is 1. The van der Waals surface area contributed by atoms with Crippen LogP contribution in [0.5, 0.6) is 0 Å². The maximum atomic E-state index is 12.4. The highest BCUT2D eigenvalue weighted by Gasteiger charge is 2.30. The van der Waals surface area contributed by atoms with Crippen LogP contribution in [0, 0.1) is 13.8 Å². The highest BCUT2D eigenvalue weighted by Crippen LogP contribution is 2.29. The zero-order chi connectivity index (χ0) is 14.9. The van der Waals surface area contributed by atoms with Gasteiger partial charge in [-0.2, -0.15) is 13.2 Å². The molecule has 1 amide bonds. The zero-order valence-corrected chi connectivity index (χ0v) is 10.7. The van der Waals surface area contributed by atoms with Crippen LogP contribution in [-0.2, 0) is 6.18 Å². The van der Waals surface area contributed by atoms with Crippen molar-refractivity contribution in [2.45, 2.75) is 20.0 Å². The summed E-state index contributed by atoms with van der Waals surface area (Å²) in [5, 5.41) is 2.45. The van der Waals surface area contributed by atoms with Gasteiger partial charge in [0.25, 0.3) is 5.91 Å². The number of nitrogens with one attached hydrogen (secondary N) is 1. The molecule has 20 heavy (non-hydrogen) atoms. The Morgan fingerprint density at radius 3 is 2.25 bits per heavy atom. The van der Waals surface area contributed by atoms with Crippen molar-refractivity contribution >= 4 is 11.6 Å². The van der Waals surface area contributed by atoms with Crippen LogP contribution in [0.3, 0.4) is 0 Å². The minimum Gasteiger partial charge on any atom is -0.436 e. The van der Waals surface area contributed by atoms with E-state index in [1.807, 2.05) is 0 Å². The molecular formula is C13H11F3N2O2. The maximum absolute atomic E-state index is 12.4. The minimum atomic E-state index is -4.40. The van der Waals surface area contributed by atoms with Crippen LogP contribution in [-0.4, -0.2) is 10.9 Å². The van der Waals surface area contributed by atoms with E-state index in [9.17, 15) is 18.0 Å². The summed E-state index contributed by atoms with van der Waals surface area (Å²) in [6, 6.07) is 4.15. The van der Waals surface area contributed by atoms with E-state index in [2.05, 4.69) is 10.3 Å². The lowest BCUT2D eigenvalue weighted by Crippen LogP contribution is -2.12. The summed E-state index contributed by atoms with van der Waals surface area (Å²) < 4.78 is 42.3. The third kappa shape index (κ3) is 2.98. The number of aryl methyl sites for hydroxylation is 2. The number of anilines is 1. The van der Waals surface area contributed by atoms with Crippen molar-refractivity contribution in [1.29, 1.82) is 0 Å². The minimum absolute atomic E-state index is 0.0439. The van der Waals surface area contributed by atoms with E-state index in [0.717, 1.165) is 12.1 Å². The fourth-order valence-corrected chi connectivity index (χ4v) is 1.67. The summed E-state index contributed by atoms with van der Waals surface area (Å²) in [7, 11) is 0. The molecular weight excluding hydrogens is 273 g/mol. The first-order valence-corrected chi connectivity index (χ1v) is 5.70. The Hall–Kier alpha value is -2.31. The Morgan fingerprint density at radius 2 is 1.80 bits per heavy atom. The summed E-state index contributed by atoms with van der Waals surface area (Å²) in [5.74, 6) is -0.162. The van der Waals surface area contributed by atoms with Crippen LogP contribution in [0.15, 0.2) is 28.7 Å². The van der Waals surface area contributed by atoms with Gasteiger partial charge >= 0.3 is 6.18 Å². The van der Waals surface area contributed by atoms with E-state index >= 15 is 0 Å². The predicted molar refractivity (Wildman–Crippen MR) is 65.4 cm³/mol. The quantitative estimate of drug-likeness (QED) is 0.917. The molecule has 2 aromatic rings. The standard InChI is InChI=1S/C13H11F3N2O2/c1-7-11(20-8(2)17-7)12(19)18-10-5-3-9(4-6-10)13(14,15)16/h3-6H,1-2H3,(H,18,19). The molecule has 0 spiro atoms. The molecule has 1 N–H and O–H groups in total. The average Bonchev–Trinajstić information content (AvgIpc) is 2.68. The Balaban J connectivity index is 2.14. The zero-order valence-electron chi connectivity index (χ0n) is 10.7. The smallest absolute Gasteiger partial charge is 0.416 e. The van der Waals surface area contributed by atoms with Crippen molar-refractivity contribution in [1.82, 2.24) is 4.98 Å². The normalized spacial score (nSPS) is 11.4. The van der Waals surface area contributed by atoms with E-state index in [4.69, 9.17) is 4.42 Å². The molecule has 0 radical (unpaired) electrons. The Labute approximate surface area is 112 Å². The van der Waals surface area contributed by atoms with Crippen molar-refractivity contribution in [2.75, 3.05) is 5.32 Å². The second kappa shape index (κ2) is 4.99. The van der Waals surface area contributed by atoms with Crippen LogP contribution in [0.4, 0.5) is 18.9 Å². The van der Waals surface area contributed by atoms with E-state index in [0.29, 0.717) is 11.6 Å². The Morgan fingerprint density at radius 1 is 1.20 bits per heavy atom. The second-order valence-corrected chi connectivity index (χ2v) is 4.18. The predicted octanol–water partition coefficient (Wildman–Crippen LogP) is 3.56. The SMILES string of the molecule is Cc1nc(C)c(C(=O)Nc2ccc(C(F)(F)F)cc2)o1. The van der Waals surface area contributed by atoms with Gasteiger partial charge in [0.05, 0.1) is 11.3 Å². The van der Waals surface area contributed by atoms with Crippen LogP contribution in [0.1, 0.15) is 27.7 Å². The number of alkyl halides is 3. The Bertz CT molecular complexity index is 630. The summed E-state index contributed by atoms with van der Waals surface area (Å²) in [5.41, 5.74) is -0.106. The van der Waals surface area contributed by atoms with Gasteiger partial charge in [-0.3, -0.25) is 4.79 Å². The number of halogens is 3. The van der Waals surface area contributed by atoms with Crippen molar-refractivity contribution in [2.24, 2.45) is 0 Å². The number of rotatable bonds is 2. The number of aromatic nitrogens is 1. The molecule has 1 aromatic carbocycles. The molecule has 4 nitrogen and oxygen atoms in total. The molecule has 0 bridgehead atoms. The lowest BCUT2D eigenvalue weighted by atomic mass is 10.2. The van der Waals surface area contributed by atoms with Gasteiger partial charge in [-0.1, -0.05) is 0 Å². The van der Waals surface area contributed by atoms with E-state index in [-0.39, 0.29) is 11.4 Å². The van der Waals surface area contributed by atoms with Gasteiger partial charge in [-0.25, -0.2) is 4.98 Å². The van der Waals surface area contributed by atoms with Gasteiger partial charge in [0, 0.05) is 12.6 Å². The highest BCUT2D eigenvalue weighted by molar-refractivity contribution is 6.02. The van der Waals surface area contributed by atoms with Gasteiger partial charge < -0.3 is 9.73 Å². The van der Waals surface area contributed by atoms with Crippen molar-refractivity contribution in [3.63, 3.8) is 0 Å². The van der Waals surface area contributed by atoms with Crippen LogP contribution in [0.25, 0.3) is 0 Å². The summed E-state index contributed by atoms with van der Waals surface area (Å²) >= 11 is 0. The van der Waals surface area contributed by atoms with E-state index in [1.165, 1.54) is 12.1 Å². The first-order chi connectivity index (χ1) is 9.27. The average molecular weight is 284 g/mol. The lowest BCUT2D eigenvalue weighted by Gasteiger charge is -2.08. The third-order valence-corrected chi connectivity index (χ3v) is 2.58. The van der Waals surface area contributed by atoms with Gasteiger partial charge in [-0.05, 0) is 31.2 Å². The molecule has 1 aromatic heterocycles.